The zero-order valence-electron chi connectivity index (χ0n) is 11.9. The van der Waals surface area contributed by atoms with Gasteiger partial charge in [-0.15, -0.1) is 0 Å². The van der Waals surface area contributed by atoms with Crippen molar-refractivity contribution < 1.29 is 5.11 Å². The van der Waals surface area contributed by atoms with Crippen LogP contribution in [0.15, 0.2) is 18.5 Å². The molecule has 0 fully saturated rings. The third-order valence-electron chi connectivity index (χ3n) is 3.23. The van der Waals surface area contributed by atoms with E-state index in [1.165, 1.54) is 0 Å². The molecule has 0 saturated heterocycles. The molecule has 0 saturated carbocycles. The number of nitrogens with zero attached hydrogens (tertiary/aromatic N) is 4. The molecule has 0 radical (unpaired) electrons. The second kappa shape index (κ2) is 6.02. The van der Waals surface area contributed by atoms with E-state index in [2.05, 4.69) is 24.0 Å². The minimum atomic E-state index is -0.654. The van der Waals surface area contributed by atoms with Gasteiger partial charge in [0.2, 0.25) is 0 Å². The van der Waals surface area contributed by atoms with Crippen molar-refractivity contribution in [3.05, 3.63) is 35.4 Å². The van der Waals surface area contributed by atoms with Crippen LogP contribution in [-0.4, -0.2) is 24.7 Å². The Balaban J connectivity index is 2.26. The quantitative estimate of drug-likeness (QED) is 0.868. The Hall–Kier alpha value is -1.62. The number of hydrogen-bond donors (Lipinski definition) is 1. The summed E-state index contributed by atoms with van der Waals surface area (Å²) >= 11 is 0. The molecule has 0 aliphatic heterocycles. The van der Waals surface area contributed by atoms with E-state index < -0.39 is 6.10 Å². The summed E-state index contributed by atoms with van der Waals surface area (Å²) in [7, 11) is 0. The summed E-state index contributed by atoms with van der Waals surface area (Å²) in [5, 5.41) is 19.2. The van der Waals surface area contributed by atoms with Crippen molar-refractivity contribution in [3.63, 3.8) is 0 Å². The molecule has 2 aromatic rings. The zero-order chi connectivity index (χ0) is 13.8. The maximum absolute atomic E-state index is 10.5. The van der Waals surface area contributed by atoms with Crippen molar-refractivity contribution in [2.45, 2.75) is 52.8 Å². The highest BCUT2D eigenvalue weighted by molar-refractivity contribution is 5.23. The van der Waals surface area contributed by atoms with Gasteiger partial charge < -0.3 is 5.11 Å². The van der Waals surface area contributed by atoms with Crippen LogP contribution in [0.3, 0.4) is 0 Å². The van der Waals surface area contributed by atoms with Crippen LogP contribution < -0.4 is 0 Å². The monoisotopic (exact) mass is 262 g/mol. The molecule has 2 rings (SSSR count). The molecular formula is C14H22N4O. The number of aryl methyl sites for hydroxylation is 3. The van der Waals surface area contributed by atoms with Crippen LogP contribution in [0, 0.1) is 0 Å². The molecule has 19 heavy (non-hydrogen) atoms. The van der Waals surface area contributed by atoms with Gasteiger partial charge in [-0.1, -0.05) is 13.8 Å². The van der Waals surface area contributed by atoms with Gasteiger partial charge in [0.15, 0.2) is 0 Å². The number of aliphatic hydroxyl groups is 1. The number of aromatic nitrogens is 4. The topological polar surface area (TPSA) is 55.9 Å². The van der Waals surface area contributed by atoms with Gasteiger partial charge in [-0.05, 0) is 25.8 Å². The van der Waals surface area contributed by atoms with Crippen LogP contribution in [0.1, 0.15) is 50.2 Å². The first-order valence-corrected chi connectivity index (χ1v) is 6.96. The molecule has 0 aliphatic rings. The fourth-order valence-electron chi connectivity index (χ4n) is 2.18. The summed E-state index contributed by atoms with van der Waals surface area (Å²) in [6.07, 6.45) is 4.90. The van der Waals surface area contributed by atoms with Crippen LogP contribution >= 0.6 is 0 Å². The highest BCUT2D eigenvalue weighted by atomic mass is 16.3. The lowest BCUT2D eigenvalue weighted by Crippen LogP contribution is -2.08. The molecule has 0 aliphatic carbocycles. The Morgan fingerprint density at radius 2 is 2.11 bits per heavy atom. The van der Waals surface area contributed by atoms with Crippen molar-refractivity contribution in [1.82, 2.24) is 19.6 Å². The van der Waals surface area contributed by atoms with Crippen LogP contribution in [-0.2, 0) is 19.5 Å². The zero-order valence-corrected chi connectivity index (χ0v) is 11.9. The van der Waals surface area contributed by atoms with Gasteiger partial charge in [-0.25, -0.2) is 0 Å². The molecule has 0 amide bonds. The molecule has 5 heteroatoms. The van der Waals surface area contributed by atoms with Gasteiger partial charge >= 0.3 is 0 Å². The minimum absolute atomic E-state index is 0.654. The maximum atomic E-state index is 10.5. The lowest BCUT2D eigenvalue weighted by molar-refractivity contribution is 0.208. The van der Waals surface area contributed by atoms with Gasteiger partial charge in [0.1, 0.15) is 6.10 Å². The molecule has 0 aromatic carbocycles. The number of rotatable bonds is 6. The summed E-state index contributed by atoms with van der Waals surface area (Å²) in [6, 6.07) is 1.98. The Bertz CT molecular complexity index is 529. The smallest absolute Gasteiger partial charge is 0.124 e. The van der Waals surface area contributed by atoms with E-state index >= 15 is 0 Å². The van der Waals surface area contributed by atoms with Crippen LogP contribution in [0.4, 0.5) is 0 Å². The largest absolute Gasteiger partial charge is 0.382 e. The Labute approximate surface area is 113 Å². The van der Waals surface area contributed by atoms with Gasteiger partial charge in [0, 0.05) is 24.8 Å². The standard InChI is InChI=1S/C14H22N4O/c1-4-7-17-10-11(9-15-17)14(19)13-8-12(5-2)16-18(13)6-3/h8-10,14,19H,4-7H2,1-3H3. The second-order valence-electron chi connectivity index (χ2n) is 4.67. The average molecular weight is 262 g/mol. The first-order chi connectivity index (χ1) is 9.19. The summed E-state index contributed by atoms with van der Waals surface area (Å²) in [4.78, 5) is 0. The van der Waals surface area contributed by atoms with Crippen molar-refractivity contribution in [2.24, 2.45) is 0 Å². The molecule has 1 N–H and O–H groups in total. The van der Waals surface area contributed by atoms with E-state index in [0.29, 0.717) is 0 Å². The SMILES string of the molecule is CCCn1cc(C(O)c2cc(CC)nn2CC)cn1. The van der Waals surface area contributed by atoms with Crippen LogP contribution in [0.5, 0.6) is 0 Å². The summed E-state index contributed by atoms with van der Waals surface area (Å²) in [6.45, 7) is 7.84. The third kappa shape index (κ3) is 2.87. The molecule has 2 aromatic heterocycles. The highest BCUT2D eigenvalue weighted by Gasteiger charge is 2.18. The van der Waals surface area contributed by atoms with Crippen LogP contribution in [0.2, 0.25) is 0 Å². The maximum Gasteiger partial charge on any atom is 0.124 e. The predicted octanol–water partition coefficient (Wildman–Crippen LogP) is 2.15. The fourth-order valence-corrected chi connectivity index (χ4v) is 2.18. The molecule has 0 bridgehead atoms. The van der Waals surface area contributed by atoms with E-state index in [4.69, 9.17) is 0 Å². The summed E-state index contributed by atoms with van der Waals surface area (Å²) < 4.78 is 3.73. The van der Waals surface area contributed by atoms with Crippen molar-refractivity contribution >= 4 is 0 Å². The van der Waals surface area contributed by atoms with Gasteiger partial charge in [0.25, 0.3) is 0 Å². The van der Waals surface area contributed by atoms with Crippen molar-refractivity contribution in [2.75, 3.05) is 0 Å². The Morgan fingerprint density at radius 1 is 1.32 bits per heavy atom. The molecule has 0 spiro atoms. The molecule has 5 nitrogen and oxygen atoms in total. The van der Waals surface area contributed by atoms with E-state index in [9.17, 15) is 5.11 Å². The fraction of sp³-hybridized carbons (Fsp3) is 0.571. The molecule has 1 unspecified atom stereocenters. The predicted molar refractivity (Wildman–Crippen MR) is 73.9 cm³/mol. The molecule has 104 valence electrons. The third-order valence-corrected chi connectivity index (χ3v) is 3.23. The lowest BCUT2D eigenvalue weighted by atomic mass is 10.1. The van der Waals surface area contributed by atoms with Gasteiger partial charge in [-0.2, -0.15) is 10.2 Å². The normalized spacial score (nSPS) is 12.8. The van der Waals surface area contributed by atoms with Gasteiger partial charge in [0.05, 0.1) is 17.6 Å². The van der Waals surface area contributed by atoms with Gasteiger partial charge in [-0.3, -0.25) is 9.36 Å². The number of aliphatic hydroxyl groups excluding tert-OH is 1. The first-order valence-electron chi connectivity index (χ1n) is 6.96. The first kappa shape index (κ1) is 13.8. The van der Waals surface area contributed by atoms with E-state index in [-0.39, 0.29) is 0 Å². The molecular weight excluding hydrogens is 240 g/mol. The highest BCUT2D eigenvalue weighted by Crippen LogP contribution is 2.22. The Kier molecular flexibility index (Phi) is 4.37. The Morgan fingerprint density at radius 3 is 2.74 bits per heavy atom. The van der Waals surface area contributed by atoms with E-state index in [0.717, 1.165) is 42.9 Å². The molecule has 1 atom stereocenters. The van der Waals surface area contributed by atoms with Crippen molar-refractivity contribution in [3.8, 4) is 0 Å². The van der Waals surface area contributed by atoms with Crippen LogP contribution in [0.25, 0.3) is 0 Å². The average Bonchev–Trinajstić information content (AvgIpc) is 3.04. The lowest BCUT2D eigenvalue weighted by Gasteiger charge is -2.10. The minimum Gasteiger partial charge on any atom is -0.382 e. The van der Waals surface area contributed by atoms with E-state index in [1.54, 1.807) is 6.20 Å². The van der Waals surface area contributed by atoms with Crippen molar-refractivity contribution in [1.29, 1.82) is 0 Å². The molecule has 2 heterocycles. The summed E-state index contributed by atoms with van der Waals surface area (Å²) in [5.74, 6) is 0. The second-order valence-corrected chi connectivity index (χ2v) is 4.67. The summed E-state index contributed by atoms with van der Waals surface area (Å²) in [5.41, 5.74) is 2.68. The number of hydrogen-bond acceptors (Lipinski definition) is 3. The van der Waals surface area contributed by atoms with E-state index in [1.807, 2.05) is 28.6 Å².